The van der Waals surface area contributed by atoms with Gasteiger partial charge in [0.1, 0.15) is 134 Å². The number of nitrogens with two attached hydrogens (primary N) is 1. The summed E-state index contributed by atoms with van der Waals surface area (Å²) >= 11 is 0. The van der Waals surface area contributed by atoms with Crippen LogP contribution in [0.5, 0.6) is 0 Å². The molecule has 46 heteroatoms. The first-order chi connectivity index (χ1) is 57.3. The first-order valence-corrected chi connectivity index (χ1v) is 41.0. The second-order valence-electron chi connectivity index (χ2n) is 30.2. The standard InChI is InChI=1S/C74H131N9O37/c1-76-40(17-11-12-22-75)53(95)42(89)19-7-3-14-24-81-69(110)41(82-49(91)21-8-4-13-23-77-50(92)31-83(32-51(93)79-26-29-111-70-63(105)59(101)54(96)43(34-84)115-70)33-52(94)80-27-30-112-71-64(106)60(102)55(97)44(35-85)116-71)18-6-2-5-15-39(88)16-9-10-20-48(90)78-25-28-113-73-67(109)68(120-74-66(108)62(104)57(99)46(37-87)118-74)58(100)47(119-73)38-114-72-65(107)61(103)56(98)45(36-86)117-72/h40-41,43-47,54-68,70-74,76,84-87,96-109H,2-38,75H2,1H3,(H,77,92)(H,78,90)(H,79,93)(H,80,94)(H,81,110)(H,82,91)/t40-,41-,43+,44+,45+,46+,47+,54+,55+,56+,57+,58+,59-,60-,61-,62-,63+,64+,65-,66-,67-,68-,70-,71-,72-,73-,74+/m0/s1. The Morgan fingerprint density at radius 3 is 1.20 bits per heavy atom. The van der Waals surface area contributed by atoms with Crippen molar-refractivity contribution in [1.29, 1.82) is 0 Å². The molecule has 694 valence electrons. The van der Waals surface area contributed by atoms with E-state index in [1.54, 1.807) is 7.05 Å². The Balaban J connectivity index is 1.06. The number of ether oxygens (including phenoxy) is 10. The van der Waals surface area contributed by atoms with Crippen LogP contribution in [0.3, 0.4) is 0 Å². The molecular formula is C74H131N9O37. The Bertz CT molecular complexity index is 2960. The van der Waals surface area contributed by atoms with Gasteiger partial charge >= 0.3 is 0 Å². The second-order valence-corrected chi connectivity index (χ2v) is 30.2. The van der Waals surface area contributed by atoms with E-state index in [-0.39, 0.29) is 96.9 Å². The number of likely N-dealkylation sites (N-methyl/N-ethyl adjacent to an activating group) is 1. The van der Waals surface area contributed by atoms with Crippen LogP contribution in [-0.4, -0.2) is 434 Å². The molecule has 0 unspecified atom stereocenters. The summed E-state index contributed by atoms with van der Waals surface area (Å²) in [5.41, 5.74) is 5.58. The highest BCUT2D eigenvalue weighted by molar-refractivity contribution is 6.39. The van der Waals surface area contributed by atoms with Crippen molar-refractivity contribution in [2.45, 2.75) is 294 Å². The first-order valence-electron chi connectivity index (χ1n) is 41.0. The Hall–Kier alpha value is -5.41. The van der Waals surface area contributed by atoms with E-state index < -0.39 is 265 Å². The van der Waals surface area contributed by atoms with Gasteiger partial charge in [0.2, 0.25) is 41.2 Å². The lowest BCUT2D eigenvalue weighted by molar-refractivity contribution is -0.366. The van der Waals surface area contributed by atoms with Crippen LogP contribution in [-0.2, 0) is 90.5 Å². The van der Waals surface area contributed by atoms with Crippen LogP contribution in [0.25, 0.3) is 0 Å². The van der Waals surface area contributed by atoms with Crippen LogP contribution in [0.1, 0.15) is 128 Å². The van der Waals surface area contributed by atoms with Crippen LogP contribution in [0.15, 0.2) is 0 Å². The minimum atomic E-state index is -1.97. The number of aliphatic hydroxyl groups excluding tert-OH is 18. The topological polar surface area (TPSA) is 724 Å². The zero-order chi connectivity index (χ0) is 88.5. The van der Waals surface area contributed by atoms with Crippen LogP contribution < -0.4 is 43.0 Å². The highest BCUT2D eigenvalue weighted by Crippen LogP contribution is 2.32. The van der Waals surface area contributed by atoms with E-state index in [4.69, 9.17) is 53.1 Å². The smallest absolute Gasteiger partial charge is 0.242 e. The van der Waals surface area contributed by atoms with Crippen LogP contribution in [0.4, 0.5) is 0 Å². The molecule has 0 aromatic rings. The van der Waals surface area contributed by atoms with Gasteiger partial charge in [-0.05, 0) is 77.8 Å². The number of nitrogens with one attached hydrogen (secondary N) is 7. The van der Waals surface area contributed by atoms with Crippen LogP contribution in [0.2, 0.25) is 0 Å². The summed E-state index contributed by atoms with van der Waals surface area (Å²) in [6, 6.07) is -1.58. The molecule has 5 aliphatic rings. The molecule has 5 aliphatic heterocycles. The number of hydrogen-bond acceptors (Lipinski definition) is 40. The molecule has 5 saturated heterocycles. The third-order valence-corrected chi connectivity index (χ3v) is 20.9. The summed E-state index contributed by atoms with van der Waals surface area (Å²) < 4.78 is 55.0. The lowest BCUT2D eigenvalue weighted by Crippen LogP contribution is -2.65. The van der Waals surface area contributed by atoms with Gasteiger partial charge in [-0.2, -0.15) is 0 Å². The van der Waals surface area contributed by atoms with Gasteiger partial charge in [0.25, 0.3) is 0 Å². The number of carbonyl (C=O) groups excluding carboxylic acids is 9. The second kappa shape index (κ2) is 56.5. The molecule has 0 aromatic heterocycles. The fourth-order valence-corrected chi connectivity index (χ4v) is 13.7. The molecule has 27 atom stereocenters. The van der Waals surface area contributed by atoms with Crippen molar-refractivity contribution in [2.75, 3.05) is 119 Å². The van der Waals surface area contributed by atoms with E-state index in [1.807, 2.05) is 0 Å². The molecule has 5 fully saturated rings. The number of ketones is 3. The summed E-state index contributed by atoms with van der Waals surface area (Å²) in [5, 5.41) is 203. The van der Waals surface area contributed by atoms with Crippen molar-refractivity contribution >= 4 is 52.8 Å². The molecule has 0 saturated carbocycles. The Morgan fingerprint density at radius 1 is 0.358 bits per heavy atom. The maximum absolute atomic E-state index is 13.7. The van der Waals surface area contributed by atoms with Gasteiger partial charge in [0.15, 0.2) is 37.2 Å². The Kier molecular flexibility index (Phi) is 49.5. The van der Waals surface area contributed by atoms with Crippen molar-refractivity contribution in [3.8, 4) is 0 Å². The largest absolute Gasteiger partial charge is 0.394 e. The average Bonchev–Trinajstić information content (AvgIpc) is 0.789. The van der Waals surface area contributed by atoms with Gasteiger partial charge in [-0.1, -0.05) is 32.1 Å². The first kappa shape index (κ1) is 105. The molecule has 0 radical (unpaired) electrons. The lowest BCUT2D eigenvalue weighted by atomic mass is 9.96. The summed E-state index contributed by atoms with van der Waals surface area (Å²) in [5.74, 6) is -4.39. The molecule has 0 aliphatic carbocycles. The maximum Gasteiger partial charge on any atom is 0.242 e. The number of rotatable bonds is 59. The highest BCUT2D eigenvalue weighted by atomic mass is 16.8. The minimum Gasteiger partial charge on any atom is -0.394 e. The van der Waals surface area contributed by atoms with Gasteiger partial charge < -0.3 is 182 Å². The number of carbonyl (C=O) groups is 9. The summed E-state index contributed by atoms with van der Waals surface area (Å²) in [7, 11) is 1.61. The molecular weight excluding hydrogens is 1610 g/mol. The molecule has 5 heterocycles. The normalized spacial score (nSPS) is 31.3. The quantitative estimate of drug-likeness (QED) is 0.0199. The van der Waals surface area contributed by atoms with E-state index in [2.05, 4.69) is 37.2 Å². The minimum absolute atomic E-state index is 0.000713. The molecule has 120 heavy (non-hydrogen) atoms. The fourth-order valence-electron chi connectivity index (χ4n) is 13.7. The third kappa shape index (κ3) is 34.8. The Morgan fingerprint density at radius 2 is 0.725 bits per heavy atom. The van der Waals surface area contributed by atoms with Crippen molar-refractivity contribution < 1.29 is 182 Å². The molecule has 0 aromatic carbocycles. The van der Waals surface area contributed by atoms with E-state index in [0.717, 1.165) is 0 Å². The number of hydrogen-bond donors (Lipinski definition) is 26. The predicted molar refractivity (Wildman–Crippen MR) is 407 cm³/mol. The fraction of sp³-hybridized carbons (Fsp3) is 0.878. The van der Waals surface area contributed by atoms with Crippen LogP contribution >= 0.6 is 0 Å². The average molecular weight is 1740 g/mol. The zero-order valence-corrected chi connectivity index (χ0v) is 67.6. The zero-order valence-electron chi connectivity index (χ0n) is 67.6. The van der Waals surface area contributed by atoms with Gasteiger partial charge in [-0.25, -0.2) is 0 Å². The number of unbranched alkanes of at least 4 members (excludes halogenated alkanes) is 8. The van der Waals surface area contributed by atoms with Crippen LogP contribution in [0, 0.1) is 0 Å². The highest BCUT2D eigenvalue weighted by Gasteiger charge is 2.53. The molecule has 5 rings (SSSR count). The summed E-state index contributed by atoms with van der Waals surface area (Å²) in [6.07, 6.45) is -34.8. The third-order valence-electron chi connectivity index (χ3n) is 20.9. The van der Waals surface area contributed by atoms with Crippen molar-refractivity contribution in [2.24, 2.45) is 5.73 Å². The summed E-state index contributed by atoms with van der Waals surface area (Å²) in [4.78, 5) is 119. The lowest BCUT2D eigenvalue weighted by Gasteiger charge is -2.46. The Labute approximate surface area is 693 Å². The monoisotopic (exact) mass is 1740 g/mol. The number of aliphatic hydroxyl groups is 18. The molecule has 0 bridgehead atoms. The molecule has 46 nitrogen and oxygen atoms in total. The van der Waals surface area contributed by atoms with E-state index in [9.17, 15) is 135 Å². The van der Waals surface area contributed by atoms with Gasteiger partial charge in [-0.3, -0.25) is 48.1 Å². The predicted octanol–water partition coefficient (Wildman–Crippen LogP) is -12.5. The van der Waals surface area contributed by atoms with Crippen molar-refractivity contribution in [1.82, 2.24) is 42.1 Å². The number of Topliss-reactive ketones (excluding diaryl/α,β-unsaturated/α-hetero) is 3. The van der Waals surface area contributed by atoms with Crippen molar-refractivity contribution in [3.05, 3.63) is 0 Å². The maximum atomic E-state index is 13.7. The van der Waals surface area contributed by atoms with E-state index in [1.165, 1.54) is 4.90 Å². The number of amides is 6. The molecule has 27 N–H and O–H groups in total. The molecule has 6 amide bonds. The number of nitrogens with zero attached hydrogens (tertiary/aromatic N) is 1. The molecule has 0 spiro atoms. The summed E-state index contributed by atoms with van der Waals surface area (Å²) in [6.45, 7) is -5.96. The van der Waals surface area contributed by atoms with E-state index >= 15 is 0 Å². The van der Waals surface area contributed by atoms with Gasteiger partial charge in [0.05, 0.1) is 78.5 Å². The SMILES string of the molecule is CN[C@@H](CCCCN)C(=O)C(=O)CCCCCNC(=O)[C@H](CCCCCC(=O)CCCCC(=O)NCCO[C@H]1O[C@H](CO[C@H]2O[C@H](CO)[C@@H](O)[C@H](O)[C@@H]2O)[C@@H](O)[C@H](O[C@H]2O[C@H](CO)[C@@H](O)[C@H](O)[C@@H]2O)[C@@H]1O)NC(=O)CCCCCNC(=O)CN(CC(=O)NCCO[C@H]1O[C@H](CO)[C@@H](O)[C@H](O)[C@H]1O)CC(=O)NCCO[C@H]1O[C@H](CO)[C@@H](O)[C@H](O)[C@H]1O. The van der Waals surface area contributed by atoms with Crippen molar-refractivity contribution in [3.63, 3.8) is 0 Å². The van der Waals surface area contributed by atoms with E-state index in [0.29, 0.717) is 96.4 Å². The van der Waals surface area contributed by atoms with Gasteiger partial charge in [-0.15, -0.1) is 0 Å². The van der Waals surface area contributed by atoms with Gasteiger partial charge in [0, 0.05) is 64.8 Å².